The Hall–Kier alpha value is -2.18. The van der Waals surface area contributed by atoms with Gasteiger partial charge in [0.25, 0.3) is 0 Å². The monoisotopic (exact) mass is 275 g/mol. The summed E-state index contributed by atoms with van der Waals surface area (Å²) in [7, 11) is 0. The first kappa shape index (κ1) is 12.8. The summed E-state index contributed by atoms with van der Waals surface area (Å²) in [6, 6.07) is -0.106. The van der Waals surface area contributed by atoms with Crippen molar-refractivity contribution in [3.05, 3.63) is 18.7 Å². The second-order valence-electron chi connectivity index (χ2n) is 5.17. The third kappa shape index (κ3) is 2.43. The maximum absolute atomic E-state index is 11.4. The second kappa shape index (κ2) is 5.44. The Morgan fingerprint density at radius 3 is 3.05 bits per heavy atom. The van der Waals surface area contributed by atoms with Crippen LogP contribution in [0.1, 0.15) is 32.1 Å². The molecule has 2 atom stereocenters. The van der Waals surface area contributed by atoms with Gasteiger partial charge in [0.2, 0.25) is 5.65 Å². The number of fused-ring (bicyclic) bond motifs is 1. The van der Waals surface area contributed by atoms with Crippen molar-refractivity contribution in [2.24, 2.45) is 5.92 Å². The molecule has 0 amide bonds. The summed E-state index contributed by atoms with van der Waals surface area (Å²) in [4.78, 5) is 15.7. The average Bonchev–Trinajstić information content (AvgIpc) is 2.79. The minimum Gasteiger partial charge on any atom is -0.481 e. The zero-order chi connectivity index (χ0) is 13.9. The number of rotatable bonds is 3. The lowest BCUT2D eigenvalue weighted by Crippen LogP contribution is -2.34. The van der Waals surface area contributed by atoms with Gasteiger partial charge in [-0.05, 0) is 12.8 Å². The summed E-state index contributed by atoms with van der Waals surface area (Å²) in [5, 5.41) is 20.5. The number of aliphatic carboxylic acids is 1. The molecule has 1 fully saturated rings. The largest absolute Gasteiger partial charge is 0.481 e. The number of carboxylic acids is 1. The van der Waals surface area contributed by atoms with Gasteiger partial charge in [0, 0.05) is 18.4 Å². The minimum absolute atomic E-state index is 0.106. The van der Waals surface area contributed by atoms with Crippen molar-refractivity contribution >= 4 is 17.4 Å². The molecule has 0 bridgehead atoms. The Kier molecular flexibility index (Phi) is 3.49. The third-order valence-electron chi connectivity index (χ3n) is 3.87. The number of aromatic nitrogens is 4. The number of hydrogen-bond acceptors (Lipinski definition) is 5. The van der Waals surface area contributed by atoms with E-state index in [0.29, 0.717) is 17.9 Å². The van der Waals surface area contributed by atoms with Crippen LogP contribution in [-0.4, -0.2) is 36.7 Å². The van der Waals surface area contributed by atoms with E-state index in [4.69, 9.17) is 0 Å². The van der Waals surface area contributed by atoms with Gasteiger partial charge in [-0.3, -0.25) is 9.20 Å². The third-order valence-corrected chi connectivity index (χ3v) is 3.87. The Morgan fingerprint density at radius 1 is 1.35 bits per heavy atom. The SMILES string of the molecule is O=C(O)C1CCCCCC1Nc1nccn2cnnc12. The van der Waals surface area contributed by atoms with E-state index in [0.717, 1.165) is 25.7 Å². The lowest BCUT2D eigenvalue weighted by Gasteiger charge is -2.23. The predicted molar refractivity (Wildman–Crippen MR) is 72.4 cm³/mol. The molecule has 2 aromatic rings. The van der Waals surface area contributed by atoms with Crippen molar-refractivity contribution in [2.75, 3.05) is 5.32 Å². The molecule has 0 aliphatic heterocycles. The van der Waals surface area contributed by atoms with Crippen molar-refractivity contribution in [3.8, 4) is 0 Å². The average molecular weight is 275 g/mol. The minimum atomic E-state index is -0.738. The second-order valence-corrected chi connectivity index (χ2v) is 5.17. The molecule has 0 saturated heterocycles. The van der Waals surface area contributed by atoms with Gasteiger partial charge in [0.15, 0.2) is 5.82 Å². The van der Waals surface area contributed by atoms with Gasteiger partial charge < -0.3 is 10.4 Å². The fourth-order valence-corrected chi connectivity index (χ4v) is 2.81. The van der Waals surface area contributed by atoms with E-state index in [1.165, 1.54) is 0 Å². The highest BCUT2D eigenvalue weighted by Crippen LogP contribution is 2.26. The maximum atomic E-state index is 11.4. The molecule has 2 unspecified atom stereocenters. The molecule has 2 aromatic heterocycles. The molecular weight excluding hydrogens is 258 g/mol. The molecule has 0 aromatic carbocycles. The first-order valence-corrected chi connectivity index (χ1v) is 6.89. The van der Waals surface area contributed by atoms with Gasteiger partial charge in [-0.1, -0.05) is 19.3 Å². The molecule has 2 N–H and O–H groups in total. The molecule has 1 aliphatic carbocycles. The first-order chi connectivity index (χ1) is 9.75. The number of anilines is 1. The summed E-state index contributed by atoms with van der Waals surface area (Å²) in [6.45, 7) is 0. The molecule has 0 radical (unpaired) electrons. The van der Waals surface area contributed by atoms with Crippen LogP contribution in [0.5, 0.6) is 0 Å². The quantitative estimate of drug-likeness (QED) is 0.826. The van der Waals surface area contributed by atoms with Crippen LogP contribution in [0, 0.1) is 5.92 Å². The lowest BCUT2D eigenvalue weighted by atomic mass is 9.95. The summed E-state index contributed by atoms with van der Waals surface area (Å²) in [5.41, 5.74) is 0.626. The van der Waals surface area contributed by atoms with Gasteiger partial charge in [-0.25, -0.2) is 4.98 Å². The van der Waals surface area contributed by atoms with Crippen molar-refractivity contribution in [1.82, 2.24) is 19.6 Å². The summed E-state index contributed by atoms with van der Waals surface area (Å²) >= 11 is 0. The molecule has 1 aliphatic rings. The fraction of sp³-hybridized carbons (Fsp3) is 0.538. The van der Waals surface area contributed by atoms with Crippen LogP contribution in [0.4, 0.5) is 5.82 Å². The highest BCUT2D eigenvalue weighted by Gasteiger charge is 2.30. The van der Waals surface area contributed by atoms with E-state index in [1.54, 1.807) is 23.1 Å². The number of hydrogen-bond donors (Lipinski definition) is 2. The van der Waals surface area contributed by atoms with Gasteiger partial charge >= 0.3 is 5.97 Å². The highest BCUT2D eigenvalue weighted by atomic mass is 16.4. The van der Waals surface area contributed by atoms with Crippen LogP contribution in [0.25, 0.3) is 5.65 Å². The molecular formula is C13H17N5O2. The molecule has 7 nitrogen and oxygen atoms in total. The van der Waals surface area contributed by atoms with Crippen LogP contribution < -0.4 is 5.32 Å². The van der Waals surface area contributed by atoms with E-state index < -0.39 is 5.97 Å². The van der Waals surface area contributed by atoms with Crippen LogP contribution in [-0.2, 0) is 4.79 Å². The van der Waals surface area contributed by atoms with Crippen LogP contribution in [0.2, 0.25) is 0 Å². The zero-order valence-electron chi connectivity index (χ0n) is 11.1. The molecule has 3 rings (SSSR count). The number of nitrogens with zero attached hydrogens (tertiary/aromatic N) is 4. The summed E-state index contributed by atoms with van der Waals surface area (Å²) in [5.74, 6) is -0.511. The molecule has 0 spiro atoms. The first-order valence-electron chi connectivity index (χ1n) is 6.89. The normalized spacial score (nSPS) is 23.4. The topological polar surface area (TPSA) is 92.4 Å². The van der Waals surface area contributed by atoms with Gasteiger partial charge in [-0.2, -0.15) is 0 Å². The lowest BCUT2D eigenvalue weighted by molar-refractivity contribution is -0.142. The fourth-order valence-electron chi connectivity index (χ4n) is 2.81. The van der Waals surface area contributed by atoms with E-state index in [9.17, 15) is 9.90 Å². The van der Waals surface area contributed by atoms with Crippen LogP contribution in [0.3, 0.4) is 0 Å². The Labute approximate surface area is 116 Å². The summed E-state index contributed by atoms with van der Waals surface area (Å²) < 4.78 is 1.77. The van der Waals surface area contributed by atoms with E-state index >= 15 is 0 Å². The van der Waals surface area contributed by atoms with Crippen molar-refractivity contribution in [1.29, 1.82) is 0 Å². The number of carboxylic acid groups (broad SMARTS) is 1. The summed E-state index contributed by atoms with van der Waals surface area (Å²) in [6.07, 6.45) is 9.67. The van der Waals surface area contributed by atoms with E-state index in [-0.39, 0.29) is 12.0 Å². The van der Waals surface area contributed by atoms with Gasteiger partial charge in [0.05, 0.1) is 5.92 Å². The number of nitrogens with one attached hydrogen (secondary N) is 1. The van der Waals surface area contributed by atoms with E-state index in [2.05, 4.69) is 20.5 Å². The molecule has 106 valence electrons. The number of carbonyl (C=O) groups is 1. The van der Waals surface area contributed by atoms with Crippen molar-refractivity contribution in [2.45, 2.75) is 38.1 Å². The van der Waals surface area contributed by atoms with Gasteiger partial charge in [-0.15, -0.1) is 10.2 Å². The maximum Gasteiger partial charge on any atom is 0.308 e. The van der Waals surface area contributed by atoms with Crippen LogP contribution in [0.15, 0.2) is 18.7 Å². The van der Waals surface area contributed by atoms with Crippen molar-refractivity contribution in [3.63, 3.8) is 0 Å². The smallest absolute Gasteiger partial charge is 0.308 e. The standard InChI is InChI=1S/C13H17N5O2/c19-13(20)9-4-2-1-3-5-10(9)16-11-12-17-15-8-18(12)7-6-14-11/h6-10H,1-5H2,(H,14,16)(H,19,20). The zero-order valence-corrected chi connectivity index (χ0v) is 11.1. The predicted octanol–water partition coefficient (Wildman–Crippen LogP) is 1.57. The van der Waals surface area contributed by atoms with E-state index in [1.807, 2.05) is 0 Å². The van der Waals surface area contributed by atoms with Crippen LogP contribution >= 0.6 is 0 Å². The molecule has 2 heterocycles. The molecule has 7 heteroatoms. The highest BCUT2D eigenvalue weighted by molar-refractivity contribution is 5.72. The van der Waals surface area contributed by atoms with Crippen molar-refractivity contribution < 1.29 is 9.90 Å². The van der Waals surface area contributed by atoms with Gasteiger partial charge in [0.1, 0.15) is 6.33 Å². The Morgan fingerprint density at radius 2 is 2.20 bits per heavy atom. The Bertz CT molecular complexity index is 612. The molecule has 20 heavy (non-hydrogen) atoms. The Balaban J connectivity index is 1.87. The molecule has 1 saturated carbocycles.